The minimum absolute atomic E-state index is 0.273. The number of esters is 1. The Morgan fingerprint density at radius 3 is 2.77 bits per heavy atom. The molecule has 1 aromatic heterocycles. The Morgan fingerprint density at radius 1 is 1.31 bits per heavy atom. The Hall–Kier alpha value is -2.87. The van der Waals surface area contributed by atoms with Crippen molar-refractivity contribution in [3.05, 3.63) is 59.4 Å². The number of rotatable bonds is 6. The van der Waals surface area contributed by atoms with Crippen LogP contribution >= 0.6 is 11.8 Å². The molecule has 26 heavy (non-hydrogen) atoms. The number of hydrogen-bond donors (Lipinski definition) is 2. The number of imidazole rings is 1. The number of aromatic nitrogens is 2. The minimum Gasteiger partial charge on any atom is -0.468 e. The SMILES string of the molecule is COC(=O)C(Cc1cccc(F)c1)Sc1nc2c(C(N)=O)cccc2[nH]1. The normalized spacial score (nSPS) is 12.1. The van der Waals surface area contributed by atoms with Crippen LogP contribution in [0.1, 0.15) is 15.9 Å². The molecular formula is C18H16FN3O3S. The summed E-state index contributed by atoms with van der Waals surface area (Å²) in [7, 11) is 1.30. The van der Waals surface area contributed by atoms with Crippen LogP contribution in [0, 0.1) is 5.82 Å². The fourth-order valence-electron chi connectivity index (χ4n) is 2.58. The lowest BCUT2D eigenvalue weighted by atomic mass is 10.1. The van der Waals surface area contributed by atoms with Crippen LogP contribution in [0.4, 0.5) is 4.39 Å². The van der Waals surface area contributed by atoms with E-state index in [9.17, 15) is 14.0 Å². The van der Waals surface area contributed by atoms with Crippen molar-refractivity contribution in [2.24, 2.45) is 5.73 Å². The molecule has 6 nitrogen and oxygen atoms in total. The van der Waals surface area contributed by atoms with Gasteiger partial charge in [-0.25, -0.2) is 9.37 Å². The largest absolute Gasteiger partial charge is 0.468 e. The van der Waals surface area contributed by atoms with Gasteiger partial charge in [0.25, 0.3) is 5.91 Å². The molecule has 0 aliphatic rings. The highest BCUT2D eigenvalue weighted by Crippen LogP contribution is 2.28. The molecule has 3 rings (SSSR count). The summed E-state index contributed by atoms with van der Waals surface area (Å²) in [6.07, 6.45) is 0.273. The molecule has 3 aromatic rings. The molecule has 0 fully saturated rings. The number of halogens is 1. The summed E-state index contributed by atoms with van der Waals surface area (Å²) in [5, 5.41) is -0.181. The highest BCUT2D eigenvalue weighted by atomic mass is 32.2. The molecule has 8 heteroatoms. The summed E-state index contributed by atoms with van der Waals surface area (Å²) in [5.41, 5.74) is 7.41. The number of nitrogens with one attached hydrogen (secondary N) is 1. The summed E-state index contributed by atoms with van der Waals surface area (Å²) in [5.74, 6) is -1.40. The Morgan fingerprint density at radius 2 is 2.08 bits per heavy atom. The van der Waals surface area contributed by atoms with Crippen molar-refractivity contribution in [1.82, 2.24) is 9.97 Å². The first-order valence-electron chi connectivity index (χ1n) is 7.75. The Bertz CT molecular complexity index is 973. The number of nitrogens with zero attached hydrogens (tertiary/aromatic N) is 1. The summed E-state index contributed by atoms with van der Waals surface area (Å²) < 4.78 is 18.3. The van der Waals surface area contributed by atoms with E-state index in [2.05, 4.69) is 9.97 Å². The molecule has 0 radical (unpaired) electrons. The van der Waals surface area contributed by atoms with E-state index in [4.69, 9.17) is 10.5 Å². The maximum atomic E-state index is 13.4. The van der Waals surface area contributed by atoms with Crippen molar-refractivity contribution in [3.8, 4) is 0 Å². The van der Waals surface area contributed by atoms with E-state index in [1.54, 1.807) is 30.3 Å². The first kappa shape index (κ1) is 17.9. The van der Waals surface area contributed by atoms with Gasteiger partial charge in [0.15, 0.2) is 5.16 Å². The van der Waals surface area contributed by atoms with Crippen LogP contribution in [-0.4, -0.2) is 34.2 Å². The van der Waals surface area contributed by atoms with Crippen molar-refractivity contribution in [1.29, 1.82) is 0 Å². The average Bonchev–Trinajstić information content (AvgIpc) is 3.02. The number of aromatic amines is 1. The van der Waals surface area contributed by atoms with Gasteiger partial charge in [-0.3, -0.25) is 9.59 Å². The predicted octanol–water partition coefficient (Wildman–Crippen LogP) is 2.68. The molecule has 134 valence electrons. The van der Waals surface area contributed by atoms with E-state index >= 15 is 0 Å². The molecule has 0 aliphatic carbocycles. The van der Waals surface area contributed by atoms with Crippen LogP contribution in [0.15, 0.2) is 47.6 Å². The first-order valence-corrected chi connectivity index (χ1v) is 8.63. The second kappa shape index (κ2) is 7.57. The number of methoxy groups -OCH3 is 1. The van der Waals surface area contributed by atoms with Crippen molar-refractivity contribution in [2.45, 2.75) is 16.8 Å². The molecule has 1 atom stereocenters. The van der Waals surface area contributed by atoms with Gasteiger partial charge in [0.05, 0.1) is 18.2 Å². The molecule has 0 bridgehead atoms. The minimum atomic E-state index is -0.626. The van der Waals surface area contributed by atoms with Crippen LogP contribution in [0.25, 0.3) is 11.0 Å². The van der Waals surface area contributed by atoms with Crippen LogP contribution in [0.5, 0.6) is 0 Å². The van der Waals surface area contributed by atoms with Crippen LogP contribution in [0.3, 0.4) is 0 Å². The number of fused-ring (bicyclic) bond motifs is 1. The van der Waals surface area contributed by atoms with Gasteiger partial charge in [0.2, 0.25) is 0 Å². The lowest BCUT2D eigenvalue weighted by Crippen LogP contribution is -2.21. The van der Waals surface area contributed by atoms with Gasteiger partial charge in [-0.05, 0) is 36.2 Å². The predicted molar refractivity (Wildman–Crippen MR) is 96.4 cm³/mol. The van der Waals surface area contributed by atoms with E-state index in [-0.39, 0.29) is 12.2 Å². The molecule has 2 aromatic carbocycles. The van der Waals surface area contributed by atoms with Crippen molar-refractivity contribution in [3.63, 3.8) is 0 Å². The zero-order valence-corrected chi connectivity index (χ0v) is 14.7. The van der Waals surface area contributed by atoms with Crippen molar-refractivity contribution >= 4 is 34.7 Å². The number of hydrogen-bond acceptors (Lipinski definition) is 5. The van der Waals surface area contributed by atoms with Crippen LogP contribution in [0.2, 0.25) is 0 Å². The highest BCUT2D eigenvalue weighted by molar-refractivity contribution is 8.00. The third-order valence-corrected chi connectivity index (χ3v) is 4.84. The number of carbonyl (C=O) groups excluding carboxylic acids is 2. The van der Waals surface area contributed by atoms with Crippen molar-refractivity contribution in [2.75, 3.05) is 7.11 Å². The molecule has 3 N–H and O–H groups in total. The van der Waals surface area contributed by atoms with Gasteiger partial charge in [-0.2, -0.15) is 0 Å². The number of ether oxygens (including phenoxy) is 1. The molecule has 0 aliphatic heterocycles. The fraction of sp³-hybridized carbons (Fsp3) is 0.167. The molecule has 0 spiro atoms. The Balaban J connectivity index is 1.89. The lowest BCUT2D eigenvalue weighted by Gasteiger charge is -2.12. The van der Waals surface area contributed by atoms with E-state index in [1.165, 1.54) is 19.2 Å². The topological polar surface area (TPSA) is 98.1 Å². The Kier molecular flexibility index (Phi) is 5.22. The molecule has 1 unspecified atom stereocenters. The number of H-pyrrole nitrogens is 1. The summed E-state index contributed by atoms with van der Waals surface area (Å²) >= 11 is 1.15. The maximum absolute atomic E-state index is 13.4. The molecule has 1 heterocycles. The van der Waals surface area contributed by atoms with E-state index in [1.807, 2.05) is 0 Å². The van der Waals surface area contributed by atoms with Crippen LogP contribution < -0.4 is 5.73 Å². The zero-order valence-electron chi connectivity index (χ0n) is 13.9. The number of thioether (sulfide) groups is 1. The Labute approximate surface area is 152 Å². The van der Waals surface area contributed by atoms with Gasteiger partial charge in [0.1, 0.15) is 16.6 Å². The highest BCUT2D eigenvalue weighted by Gasteiger charge is 2.23. The standard InChI is InChI=1S/C18H16FN3O3S/c1-25-17(24)14(9-10-4-2-5-11(19)8-10)26-18-21-13-7-3-6-12(16(20)23)15(13)22-18/h2-8,14H,9H2,1H3,(H2,20,23)(H,21,22). The molecular weight excluding hydrogens is 357 g/mol. The van der Waals surface area contributed by atoms with Gasteiger partial charge in [-0.15, -0.1) is 0 Å². The summed E-state index contributed by atoms with van der Waals surface area (Å²) in [6.45, 7) is 0. The number of para-hydroxylation sites is 1. The smallest absolute Gasteiger partial charge is 0.319 e. The molecule has 0 saturated heterocycles. The second-order valence-electron chi connectivity index (χ2n) is 5.57. The summed E-state index contributed by atoms with van der Waals surface area (Å²) in [6, 6.07) is 11.1. The van der Waals surface area contributed by atoms with Gasteiger partial charge < -0.3 is 15.5 Å². The number of amides is 1. The quantitative estimate of drug-likeness (QED) is 0.511. The van der Waals surface area contributed by atoms with Gasteiger partial charge in [0, 0.05) is 0 Å². The maximum Gasteiger partial charge on any atom is 0.319 e. The second-order valence-corrected chi connectivity index (χ2v) is 6.76. The van der Waals surface area contributed by atoms with Gasteiger partial charge >= 0.3 is 5.97 Å². The average molecular weight is 373 g/mol. The molecule has 1 amide bonds. The van der Waals surface area contributed by atoms with Gasteiger partial charge in [-0.1, -0.05) is 30.0 Å². The monoisotopic (exact) mass is 373 g/mol. The van der Waals surface area contributed by atoms with Crippen molar-refractivity contribution < 1.29 is 18.7 Å². The fourth-order valence-corrected chi connectivity index (χ4v) is 3.63. The van der Waals surface area contributed by atoms with E-state index in [0.717, 1.165) is 11.8 Å². The van der Waals surface area contributed by atoms with E-state index in [0.29, 0.717) is 27.3 Å². The number of primary amides is 1. The first-order chi connectivity index (χ1) is 12.5. The number of carbonyl (C=O) groups is 2. The van der Waals surface area contributed by atoms with Crippen LogP contribution in [-0.2, 0) is 16.0 Å². The number of nitrogens with two attached hydrogens (primary N) is 1. The molecule has 0 saturated carbocycles. The third-order valence-electron chi connectivity index (χ3n) is 3.78. The number of benzene rings is 2. The lowest BCUT2D eigenvalue weighted by molar-refractivity contribution is -0.139. The zero-order chi connectivity index (χ0) is 18.7. The van der Waals surface area contributed by atoms with E-state index < -0.39 is 17.1 Å². The summed E-state index contributed by atoms with van der Waals surface area (Å²) in [4.78, 5) is 31.1. The third kappa shape index (κ3) is 3.85.